The molecule has 0 radical (unpaired) electrons. The van der Waals surface area contributed by atoms with Crippen LogP contribution in [0, 0.1) is 5.41 Å². The first kappa shape index (κ1) is 8.72. The molecule has 1 heterocycles. The van der Waals surface area contributed by atoms with Crippen LogP contribution in [0.5, 0.6) is 0 Å². The highest BCUT2D eigenvalue weighted by molar-refractivity contribution is 5.91. The van der Waals surface area contributed by atoms with E-state index < -0.39 is 5.72 Å². The van der Waals surface area contributed by atoms with Crippen LogP contribution < -0.4 is 0 Å². The minimum atomic E-state index is -0.811. The summed E-state index contributed by atoms with van der Waals surface area (Å²) in [5.74, 6) is 0. The fraction of sp³-hybridized carbons (Fsp3) is 0.889. The summed E-state index contributed by atoms with van der Waals surface area (Å²) in [5.41, 5.74) is 0.426. The summed E-state index contributed by atoms with van der Waals surface area (Å²) in [6.45, 7) is 8.13. The Morgan fingerprint density at radius 2 is 2.00 bits per heavy atom. The first-order valence-corrected chi connectivity index (χ1v) is 4.19. The lowest BCUT2D eigenvalue weighted by atomic mass is 9.83. The van der Waals surface area contributed by atoms with Crippen molar-refractivity contribution in [2.24, 2.45) is 10.4 Å². The van der Waals surface area contributed by atoms with Crippen LogP contribution in [-0.4, -0.2) is 16.5 Å². The van der Waals surface area contributed by atoms with Crippen LogP contribution in [0.15, 0.2) is 4.99 Å². The summed E-state index contributed by atoms with van der Waals surface area (Å²) in [7, 11) is 0. The Kier molecular flexibility index (Phi) is 1.83. The van der Waals surface area contributed by atoms with Gasteiger partial charge in [0.05, 0.1) is 0 Å². The predicted molar refractivity (Wildman–Crippen MR) is 46.7 cm³/mol. The molecule has 1 unspecified atom stereocenters. The van der Waals surface area contributed by atoms with Crippen LogP contribution in [0.3, 0.4) is 0 Å². The third-order valence-corrected chi connectivity index (χ3v) is 2.27. The van der Waals surface area contributed by atoms with Gasteiger partial charge in [-0.05, 0) is 13.3 Å². The molecule has 0 aromatic heterocycles. The number of aliphatic hydroxyl groups is 1. The Hall–Kier alpha value is -0.370. The summed E-state index contributed by atoms with van der Waals surface area (Å²) < 4.78 is 0. The Bertz CT molecular complexity index is 192. The zero-order valence-electron chi connectivity index (χ0n) is 7.81. The van der Waals surface area contributed by atoms with Gasteiger partial charge in [-0.3, -0.25) is 4.99 Å². The molecule has 1 N–H and O–H groups in total. The van der Waals surface area contributed by atoms with Crippen molar-refractivity contribution < 1.29 is 5.11 Å². The molecule has 2 nitrogen and oxygen atoms in total. The average Bonchev–Trinajstić information content (AvgIpc) is 1.99. The molecule has 64 valence electrons. The minimum Gasteiger partial charge on any atom is -0.369 e. The normalized spacial score (nSPS) is 35.5. The van der Waals surface area contributed by atoms with Gasteiger partial charge in [-0.25, -0.2) is 0 Å². The van der Waals surface area contributed by atoms with E-state index >= 15 is 0 Å². The second-order valence-electron chi connectivity index (χ2n) is 4.19. The van der Waals surface area contributed by atoms with E-state index in [9.17, 15) is 5.11 Å². The van der Waals surface area contributed by atoms with Crippen molar-refractivity contribution in [3.05, 3.63) is 0 Å². The molecule has 0 bridgehead atoms. The van der Waals surface area contributed by atoms with Crippen molar-refractivity contribution in [1.29, 1.82) is 0 Å². The van der Waals surface area contributed by atoms with Gasteiger partial charge in [0.2, 0.25) is 0 Å². The number of nitrogens with zero attached hydrogens (tertiary/aromatic N) is 1. The van der Waals surface area contributed by atoms with Crippen molar-refractivity contribution >= 4 is 5.71 Å². The molecule has 0 spiro atoms. The van der Waals surface area contributed by atoms with Gasteiger partial charge in [-0.15, -0.1) is 0 Å². The van der Waals surface area contributed by atoms with Gasteiger partial charge in [0.1, 0.15) is 0 Å². The van der Waals surface area contributed by atoms with Crippen LogP contribution in [0.1, 0.15) is 40.5 Å². The average molecular weight is 155 g/mol. The van der Waals surface area contributed by atoms with Crippen molar-refractivity contribution in [2.45, 2.75) is 46.3 Å². The lowest BCUT2D eigenvalue weighted by Crippen LogP contribution is -2.24. The zero-order chi connectivity index (χ0) is 8.70. The molecule has 0 fully saturated rings. The van der Waals surface area contributed by atoms with E-state index in [0.29, 0.717) is 0 Å². The first-order valence-electron chi connectivity index (χ1n) is 4.19. The molecule has 1 rings (SSSR count). The lowest BCUT2D eigenvalue weighted by molar-refractivity contribution is 0.0539. The van der Waals surface area contributed by atoms with E-state index in [1.165, 1.54) is 0 Å². The van der Waals surface area contributed by atoms with E-state index in [-0.39, 0.29) is 5.41 Å². The topological polar surface area (TPSA) is 32.6 Å². The van der Waals surface area contributed by atoms with E-state index in [0.717, 1.165) is 18.6 Å². The Labute approximate surface area is 68.3 Å². The number of rotatable bonds is 1. The highest BCUT2D eigenvalue weighted by Gasteiger charge is 2.39. The molecule has 1 aliphatic heterocycles. The summed E-state index contributed by atoms with van der Waals surface area (Å²) in [6.07, 6.45) is 1.70. The van der Waals surface area contributed by atoms with Gasteiger partial charge in [0.25, 0.3) is 0 Å². The second kappa shape index (κ2) is 2.31. The SMILES string of the molecule is CCC1=NC(C)(O)CC1(C)C. The monoisotopic (exact) mass is 155 g/mol. The number of hydrogen-bond acceptors (Lipinski definition) is 2. The zero-order valence-corrected chi connectivity index (χ0v) is 7.81. The Balaban J connectivity index is 2.89. The second-order valence-corrected chi connectivity index (χ2v) is 4.19. The van der Waals surface area contributed by atoms with Gasteiger partial charge in [0.15, 0.2) is 5.72 Å². The van der Waals surface area contributed by atoms with Crippen LogP contribution in [0.2, 0.25) is 0 Å². The molecule has 1 aliphatic rings. The quantitative estimate of drug-likeness (QED) is 0.617. The molecule has 0 aliphatic carbocycles. The van der Waals surface area contributed by atoms with Gasteiger partial charge < -0.3 is 5.11 Å². The molecule has 0 aromatic rings. The molecule has 2 heteroatoms. The Morgan fingerprint density at radius 1 is 1.45 bits per heavy atom. The fourth-order valence-corrected chi connectivity index (χ4v) is 1.98. The molecule has 0 amide bonds. The van der Waals surface area contributed by atoms with E-state index in [4.69, 9.17) is 0 Å². The van der Waals surface area contributed by atoms with Gasteiger partial charge >= 0.3 is 0 Å². The van der Waals surface area contributed by atoms with Crippen molar-refractivity contribution in [3.63, 3.8) is 0 Å². The Morgan fingerprint density at radius 3 is 2.18 bits per heavy atom. The summed E-state index contributed by atoms with van der Waals surface area (Å²) in [6, 6.07) is 0. The predicted octanol–water partition coefficient (Wildman–Crippen LogP) is 1.98. The molecular weight excluding hydrogens is 138 g/mol. The van der Waals surface area contributed by atoms with Crippen LogP contribution >= 0.6 is 0 Å². The molecule has 0 saturated carbocycles. The maximum absolute atomic E-state index is 9.64. The van der Waals surface area contributed by atoms with Crippen LogP contribution in [-0.2, 0) is 0 Å². The lowest BCUT2D eigenvalue weighted by Gasteiger charge is -2.21. The van der Waals surface area contributed by atoms with E-state index in [2.05, 4.69) is 25.8 Å². The smallest absolute Gasteiger partial charge is 0.153 e. The minimum absolute atomic E-state index is 0.0955. The van der Waals surface area contributed by atoms with Crippen molar-refractivity contribution in [3.8, 4) is 0 Å². The van der Waals surface area contributed by atoms with Crippen molar-refractivity contribution in [2.75, 3.05) is 0 Å². The van der Waals surface area contributed by atoms with Crippen LogP contribution in [0.25, 0.3) is 0 Å². The van der Waals surface area contributed by atoms with E-state index in [1.807, 2.05) is 0 Å². The first-order chi connectivity index (χ1) is 4.87. The van der Waals surface area contributed by atoms with Crippen molar-refractivity contribution in [1.82, 2.24) is 0 Å². The van der Waals surface area contributed by atoms with E-state index in [1.54, 1.807) is 6.92 Å². The molecule has 0 saturated heterocycles. The van der Waals surface area contributed by atoms with Gasteiger partial charge in [-0.2, -0.15) is 0 Å². The summed E-state index contributed by atoms with van der Waals surface area (Å²) in [4.78, 5) is 4.26. The maximum atomic E-state index is 9.64. The highest BCUT2D eigenvalue weighted by atomic mass is 16.3. The standard InChI is InChI=1S/C9H17NO/c1-5-7-8(2,3)6-9(4,11)10-7/h11H,5-6H2,1-4H3. The molecule has 1 atom stereocenters. The maximum Gasteiger partial charge on any atom is 0.153 e. The molecule has 11 heavy (non-hydrogen) atoms. The number of aliphatic imine (C=N–C) groups is 1. The summed E-state index contributed by atoms with van der Waals surface area (Å²) in [5, 5.41) is 9.64. The summed E-state index contributed by atoms with van der Waals surface area (Å²) >= 11 is 0. The van der Waals surface area contributed by atoms with Gasteiger partial charge in [-0.1, -0.05) is 20.8 Å². The van der Waals surface area contributed by atoms with Gasteiger partial charge in [0, 0.05) is 17.5 Å². The van der Waals surface area contributed by atoms with Crippen LogP contribution in [0.4, 0.5) is 0 Å². The molecular formula is C9H17NO. The number of hydrogen-bond donors (Lipinski definition) is 1. The molecule has 0 aromatic carbocycles. The fourth-order valence-electron chi connectivity index (χ4n) is 1.98. The third kappa shape index (κ3) is 1.62. The third-order valence-electron chi connectivity index (χ3n) is 2.27. The highest BCUT2D eigenvalue weighted by Crippen LogP contribution is 2.38. The largest absolute Gasteiger partial charge is 0.369 e.